The molecule has 1 aromatic carbocycles. The average molecular weight is 263 g/mol. The van der Waals surface area contributed by atoms with E-state index in [4.69, 9.17) is 5.11 Å². The molecule has 19 heavy (non-hydrogen) atoms. The Morgan fingerprint density at radius 2 is 1.79 bits per heavy atom. The summed E-state index contributed by atoms with van der Waals surface area (Å²) in [6, 6.07) is 8.51. The highest BCUT2D eigenvalue weighted by Gasteiger charge is 2.27. The number of benzene rings is 1. The van der Waals surface area contributed by atoms with Gasteiger partial charge in [0.2, 0.25) is 5.91 Å². The van der Waals surface area contributed by atoms with Crippen LogP contribution in [-0.4, -0.2) is 23.0 Å². The van der Waals surface area contributed by atoms with Crippen LogP contribution in [0.15, 0.2) is 30.3 Å². The standard InChI is InChI=1S/C15H21NO3/c1-4-10(2)13(15(18)19)16-14(17)11(3)12-8-6-5-7-9-12/h5-11,13H,4H2,1-3H3,(H,16,17)(H,18,19)/t10?,11?,13-/m0/s1. The number of hydrogen-bond donors (Lipinski definition) is 2. The molecule has 1 rings (SSSR count). The Bertz CT molecular complexity index is 430. The summed E-state index contributed by atoms with van der Waals surface area (Å²) in [7, 11) is 0. The fourth-order valence-electron chi connectivity index (χ4n) is 1.85. The van der Waals surface area contributed by atoms with Crippen molar-refractivity contribution < 1.29 is 14.7 Å². The lowest BCUT2D eigenvalue weighted by atomic mass is 9.96. The minimum atomic E-state index is -0.983. The number of nitrogens with one attached hydrogen (secondary N) is 1. The van der Waals surface area contributed by atoms with Crippen LogP contribution < -0.4 is 5.32 Å². The molecule has 0 aromatic heterocycles. The largest absolute Gasteiger partial charge is 0.480 e. The highest BCUT2D eigenvalue weighted by Crippen LogP contribution is 2.16. The molecule has 0 aliphatic heterocycles. The molecule has 3 atom stereocenters. The van der Waals surface area contributed by atoms with Crippen LogP contribution in [0.4, 0.5) is 0 Å². The van der Waals surface area contributed by atoms with E-state index < -0.39 is 12.0 Å². The Hall–Kier alpha value is -1.84. The minimum absolute atomic E-state index is 0.0931. The average Bonchev–Trinajstić information content (AvgIpc) is 2.43. The first-order chi connectivity index (χ1) is 8.97. The van der Waals surface area contributed by atoms with Crippen molar-refractivity contribution in [1.82, 2.24) is 5.32 Å². The molecule has 0 radical (unpaired) electrons. The lowest BCUT2D eigenvalue weighted by molar-refractivity contribution is -0.143. The SMILES string of the molecule is CCC(C)[C@H](NC(=O)C(C)c1ccccc1)C(=O)O. The number of aliphatic carboxylic acids is 1. The summed E-state index contributed by atoms with van der Waals surface area (Å²) < 4.78 is 0. The van der Waals surface area contributed by atoms with Crippen LogP contribution in [0.3, 0.4) is 0 Å². The normalized spacial score (nSPS) is 15.3. The molecule has 104 valence electrons. The van der Waals surface area contributed by atoms with E-state index in [1.54, 1.807) is 6.92 Å². The summed E-state index contributed by atoms with van der Waals surface area (Å²) in [5.41, 5.74) is 0.883. The fourth-order valence-corrected chi connectivity index (χ4v) is 1.85. The number of carboxylic acids is 1. The third-order valence-electron chi connectivity index (χ3n) is 3.47. The Balaban J connectivity index is 2.75. The maximum atomic E-state index is 12.1. The van der Waals surface area contributed by atoms with E-state index in [0.29, 0.717) is 6.42 Å². The van der Waals surface area contributed by atoms with Crippen molar-refractivity contribution >= 4 is 11.9 Å². The van der Waals surface area contributed by atoms with Crippen molar-refractivity contribution in [2.75, 3.05) is 0 Å². The molecular weight excluding hydrogens is 242 g/mol. The summed E-state index contributed by atoms with van der Waals surface area (Å²) in [4.78, 5) is 23.3. The van der Waals surface area contributed by atoms with Crippen LogP contribution in [0.1, 0.15) is 38.7 Å². The van der Waals surface area contributed by atoms with Gasteiger partial charge in [-0.1, -0.05) is 50.6 Å². The molecule has 0 saturated heterocycles. The van der Waals surface area contributed by atoms with Crippen LogP contribution in [0.25, 0.3) is 0 Å². The van der Waals surface area contributed by atoms with Gasteiger partial charge in [0.1, 0.15) is 6.04 Å². The van der Waals surface area contributed by atoms with Crippen molar-refractivity contribution in [3.05, 3.63) is 35.9 Å². The van der Waals surface area contributed by atoms with E-state index in [1.165, 1.54) is 0 Å². The molecule has 1 aromatic rings. The molecule has 0 heterocycles. The van der Waals surface area contributed by atoms with Gasteiger partial charge < -0.3 is 10.4 Å². The summed E-state index contributed by atoms with van der Waals surface area (Å²) in [6.45, 7) is 5.51. The van der Waals surface area contributed by atoms with Crippen molar-refractivity contribution in [3.63, 3.8) is 0 Å². The van der Waals surface area contributed by atoms with Gasteiger partial charge in [0.25, 0.3) is 0 Å². The van der Waals surface area contributed by atoms with Crippen molar-refractivity contribution in [2.45, 2.75) is 39.2 Å². The zero-order valence-corrected chi connectivity index (χ0v) is 11.6. The number of carboxylic acid groups (broad SMARTS) is 1. The highest BCUT2D eigenvalue weighted by atomic mass is 16.4. The molecule has 0 bridgehead atoms. The van der Waals surface area contributed by atoms with Crippen molar-refractivity contribution in [1.29, 1.82) is 0 Å². The van der Waals surface area contributed by atoms with E-state index in [-0.39, 0.29) is 17.7 Å². The first kappa shape index (κ1) is 15.2. The van der Waals surface area contributed by atoms with E-state index >= 15 is 0 Å². The number of carbonyl (C=O) groups is 2. The number of carbonyl (C=O) groups excluding carboxylic acids is 1. The maximum absolute atomic E-state index is 12.1. The number of hydrogen-bond acceptors (Lipinski definition) is 2. The molecule has 4 nitrogen and oxygen atoms in total. The van der Waals surface area contributed by atoms with Gasteiger partial charge in [-0.25, -0.2) is 4.79 Å². The van der Waals surface area contributed by atoms with Gasteiger partial charge in [-0.15, -0.1) is 0 Å². The third kappa shape index (κ3) is 4.09. The van der Waals surface area contributed by atoms with E-state index in [0.717, 1.165) is 5.56 Å². The van der Waals surface area contributed by atoms with Gasteiger partial charge in [-0.2, -0.15) is 0 Å². The predicted molar refractivity (Wildman–Crippen MR) is 73.9 cm³/mol. The molecular formula is C15H21NO3. The van der Waals surface area contributed by atoms with Gasteiger partial charge in [-0.3, -0.25) is 4.79 Å². The van der Waals surface area contributed by atoms with E-state index in [2.05, 4.69) is 5.32 Å². The summed E-state index contributed by atoms with van der Waals surface area (Å²) in [6.07, 6.45) is 0.705. The van der Waals surface area contributed by atoms with Crippen molar-refractivity contribution in [2.24, 2.45) is 5.92 Å². The molecule has 0 aliphatic rings. The molecule has 0 aliphatic carbocycles. The van der Waals surface area contributed by atoms with Crippen LogP contribution in [0.2, 0.25) is 0 Å². The zero-order valence-electron chi connectivity index (χ0n) is 11.6. The smallest absolute Gasteiger partial charge is 0.326 e. The van der Waals surface area contributed by atoms with Gasteiger partial charge in [-0.05, 0) is 18.4 Å². The Labute approximate surface area is 113 Å². The second-order valence-electron chi connectivity index (χ2n) is 4.84. The van der Waals surface area contributed by atoms with Gasteiger partial charge >= 0.3 is 5.97 Å². The summed E-state index contributed by atoms with van der Waals surface area (Å²) in [5, 5.41) is 11.8. The molecule has 0 saturated carbocycles. The van der Waals surface area contributed by atoms with Gasteiger partial charge in [0.05, 0.1) is 5.92 Å². The van der Waals surface area contributed by atoms with Crippen LogP contribution in [0, 0.1) is 5.92 Å². The third-order valence-corrected chi connectivity index (χ3v) is 3.47. The topological polar surface area (TPSA) is 66.4 Å². The Morgan fingerprint density at radius 1 is 1.21 bits per heavy atom. The predicted octanol–water partition coefficient (Wildman–Crippen LogP) is 2.41. The molecule has 4 heteroatoms. The lowest BCUT2D eigenvalue weighted by Gasteiger charge is -2.22. The van der Waals surface area contributed by atoms with Crippen LogP contribution in [-0.2, 0) is 9.59 Å². The quantitative estimate of drug-likeness (QED) is 0.828. The Kier molecular flexibility index (Phi) is 5.55. The van der Waals surface area contributed by atoms with E-state index in [9.17, 15) is 9.59 Å². The summed E-state index contributed by atoms with van der Waals surface area (Å²) in [5.74, 6) is -1.68. The maximum Gasteiger partial charge on any atom is 0.326 e. The Morgan fingerprint density at radius 3 is 2.26 bits per heavy atom. The van der Waals surface area contributed by atoms with Crippen LogP contribution >= 0.6 is 0 Å². The second kappa shape index (κ2) is 6.92. The molecule has 0 spiro atoms. The highest BCUT2D eigenvalue weighted by molar-refractivity contribution is 5.87. The van der Waals surface area contributed by atoms with Crippen LogP contribution in [0.5, 0.6) is 0 Å². The monoisotopic (exact) mass is 263 g/mol. The molecule has 2 unspecified atom stereocenters. The van der Waals surface area contributed by atoms with Gasteiger partial charge in [0, 0.05) is 0 Å². The number of amides is 1. The first-order valence-electron chi connectivity index (χ1n) is 6.55. The van der Waals surface area contributed by atoms with E-state index in [1.807, 2.05) is 44.2 Å². The molecule has 2 N–H and O–H groups in total. The van der Waals surface area contributed by atoms with Crippen molar-refractivity contribution in [3.8, 4) is 0 Å². The molecule has 1 amide bonds. The fraction of sp³-hybridized carbons (Fsp3) is 0.467. The summed E-state index contributed by atoms with van der Waals surface area (Å²) >= 11 is 0. The second-order valence-corrected chi connectivity index (χ2v) is 4.84. The lowest BCUT2D eigenvalue weighted by Crippen LogP contribution is -2.46. The minimum Gasteiger partial charge on any atom is -0.480 e. The zero-order chi connectivity index (χ0) is 14.4. The number of rotatable bonds is 6. The van der Waals surface area contributed by atoms with Gasteiger partial charge in [0.15, 0.2) is 0 Å². The first-order valence-corrected chi connectivity index (χ1v) is 6.55. The molecule has 0 fully saturated rings.